The molecule has 0 heterocycles. The molecule has 0 bridgehead atoms. The van der Waals surface area contributed by atoms with Crippen LogP contribution in [0.15, 0.2) is 0 Å². The van der Waals surface area contributed by atoms with Crippen molar-refractivity contribution in [3.63, 3.8) is 0 Å². The van der Waals surface area contributed by atoms with E-state index in [0.717, 1.165) is 6.04 Å². The summed E-state index contributed by atoms with van der Waals surface area (Å²) in [6.07, 6.45) is 10.2. The highest BCUT2D eigenvalue weighted by Crippen LogP contribution is 2.41. The SMILES string of the molecule is CN(CC1(C)CCC1)C1CCCC1. The minimum absolute atomic E-state index is 0.678. The molecular weight excluding hydrogens is 158 g/mol. The zero-order valence-corrected chi connectivity index (χ0v) is 9.18. The minimum atomic E-state index is 0.678. The first-order chi connectivity index (χ1) is 6.20. The summed E-state index contributed by atoms with van der Waals surface area (Å²) < 4.78 is 0. The molecule has 0 aromatic carbocycles. The van der Waals surface area contributed by atoms with Crippen LogP contribution in [0.4, 0.5) is 0 Å². The van der Waals surface area contributed by atoms with Crippen molar-refractivity contribution >= 4 is 0 Å². The standard InChI is InChI=1S/C12H23N/c1-12(8-5-9-12)10-13(2)11-6-3-4-7-11/h11H,3-10H2,1-2H3. The molecule has 0 aromatic rings. The third-order valence-corrected chi connectivity index (χ3v) is 4.14. The van der Waals surface area contributed by atoms with E-state index in [2.05, 4.69) is 18.9 Å². The van der Waals surface area contributed by atoms with E-state index >= 15 is 0 Å². The number of hydrogen-bond acceptors (Lipinski definition) is 1. The predicted octanol–water partition coefficient (Wildman–Crippen LogP) is 3.05. The Kier molecular flexibility index (Phi) is 2.64. The van der Waals surface area contributed by atoms with E-state index in [4.69, 9.17) is 0 Å². The lowest BCUT2D eigenvalue weighted by Gasteiger charge is -2.43. The van der Waals surface area contributed by atoms with Crippen molar-refractivity contribution in [1.82, 2.24) is 4.90 Å². The zero-order valence-electron chi connectivity index (χ0n) is 9.18. The second-order valence-electron chi connectivity index (χ2n) is 5.52. The van der Waals surface area contributed by atoms with Gasteiger partial charge in [-0.15, -0.1) is 0 Å². The highest BCUT2D eigenvalue weighted by Gasteiger charge is 2.34. The van der Waals surface area contributed by atoms with E-state index in [9.17, 15) is 0 Å². The topological polar surface area (TPSA) is 3.24 Å². The van der Waals surface area contributed by atoms with Crippen LogP contribution in [-0.2, 0) is 0 Å². The normalized spacial score (nSPS) is 27.9. The molecule has 2 aliphatic rings. The molecule has 0 aromatic heterocycles. The highest BCUT2D eigenvalue weighted by atomic mass is 15.1. The fourth-order valence-electron chi connectivity index (χ4n) is 3.01. The Morgan fingerprint density at radius 3 is 2.23 bits per heavy atom. The first kappa shape index (κ1) is 9.51. The van der Waals surface area contributed by atoms with Crippen LogP contribution in [0, 0.1) is 5.41 Å². The molecule has 1 nitrogen and oxygen atoms in total. The molecule has 0 saturated heterocycles. The summed E-state index contributed by atoms with van der Waals surface area (Å²) in [5, 5.41) is 0. The third-order valence-electron chi connectivity index (χ3n) is 4.14. The summed E-state index contributed by atoms with van der Waals surface area (Å²) in [6, 6.07) is 0.914. The van der Waals surface area contributed by atoms with Gasteiger partial charge in [0.2, 0.25) is 0 Å². The van der Waals surface area contributed by atoms with Crippen LogP contribution in [0.2, 0.25) is 0 Å². The van der Waals surface area contributed by atoms with Crippen LogP contribution in [0.1, 0.15) is 51.9 Å². The van der Waals surface area contributed by atoms with Gasteiger partial charge in [-0.05, 0) is 38.1 Å². The molecule has 0 spiro atoms. The van der Waals surface area contributed by atoms with Crippen molar-refractivity contribution in [3.8, 4) is 0 Å². The quantitative estimate of drug-likeness (QED) is 0.647. The number of nitrogens with zero attached hydrogens (tertiary/aromatic N) is 1. The number of hydrogen-bond donors (Lipinski definition) is 0. The summed E-state index contributed by atoms with van der Waals surface area (Å²) >= 11 is 0. The van der Waals surface area contributed by atoms with E-state index in [1.165, 1.54) is 51.5 Å². The van der Waals surface area contributed by atoms with Crippen LogP contribution in [-0.4, -0.2) is 24.5 Å². The molecular formula is C12H23N. The Hall–Kier alpha value is -0.0400. The summed E-state index contributed by atoms with van der Waals surface area (Å²) in [5.74, 6) is 0. The molecule has 2 rings (SSSR count). The van der Waals surface area contributed by atoms with Gasteiger partial charge in [0.15, 0.2) is 0 Å². The van der Waals surface area contributed by atoms with Crippen LogP contribution < -0.4 is 0 Å². The van der Waals surface area contributed by atoms with Gasteiger partial charge in [-0.2, -0.15) is 0 Å². The van der Waals surface area contributed by atoms with Crippen molar-refractivity contribution in [2.75, 3.05) is 13.6 Å². The average molecular weight is 181 g/mol. The van der Waals surface area contributed by atoms with E-state index in [1.54, 1.807) is 0 Å². The number of rotatable bonds is 3. The second-order valence-corrected chi connectivity index (χ2v) is 5.52. The fraction of sp³-hybridized carbons (Fsp3) is 1.00. The van der Waals surface area contributed by atoms with E-state index in [-0.39, 0.29) is 0 Å². The van der Waals surface area contributed by atoms with Crippen molar-refractivity contribution in [3.05, 3.63) is 0 Å². The van der Waals surface area contributed by atoms with Crippen LogP contribution in [0.3, 0.4) is 0 Å². The monoisotopic (exact) mass is 181 g/mol. The Morgan fingerprint density at radius 2 is 1.77 bits per heavy atom. The Morgan fingerprint density at radius 1 is 1.15 bits per heavy atom. The minimum Gasteiger partial charge on any atom is -0.303 e. The van der Waals surface area contributed by atoms with Gasteiger partial charge in [0.1, 0.15) is 0 Å². The summed E-state index contributed by atoms with van der Waals surface area (Å²) in [5.41, 5.74) is 0.678. The van der Waals surface area contributed by atoms with Crippen LogP contribution >= 0.6 is 0 Å². The molecule has 2 saturated carbocycles. The van der Waals surface area contributed by atoms with Gasteiger partial charge in [-0.25, -0.2) is 0 Å². The molecule has 0 atom stereocenters. The van der Waals surface area contributed by atoms with Crippen LogP contribution in [0.5, 0.6) is 0 Å². The van der Waals surface area contributed by atoms with Gasteiger partial charge in [-0.3, -0.25) is 0 Å². The Labute approximate surface area is 82.5 Å². The lowest BCUT2D eigenvalue weighted by atomic mass is 9.70. The first-order valence-electron chi connectivity index (χ1n) is 5.90. The van der Waals surface area contributed by atoms with E-state index in [1.807, 2.05) is 0 Å². The zero-order chi connectivity index (χ0) is 9.31. The average Bonchev–Trinajstić information content (AvgIpc) is 2.53. The Bertz CT molecular complexity index is 166. The molecule has 0 amide bonds. The van der Waals surface area contributed by atoms with Gasteiger partial charge in [0.05, 0.1) is 0 Å². The van der Waals surface area contributed by atoms with Gasteiger partial charge in [0, 0.05) is 12.6 Å². The maximum absolute atomic E-state index is 2.63. The van der Waals surface area contributed by atoms with E-state index in [0.29, 0.717) is 5.41 Å². The maximum Gasteiger partial charge on any atom is 0.00924 e. The van der Waals surface area contributed by atoms with Crippen molar-refractivity contribution in [2.45, 2.75) is 57.9 Å². The van der Waals surface area contributed by atoms with Crippen molar-refractivity contribution in [2.24, 2.45) is 5.41 Å². The van der Waals surface area contributed by atoms with Crippen LogP contribution in [0.25, 0.3) is 0 Å². The van der Waals surface area contributed by atoms with Gasteiger partial charge in [-0.1, -0.05) is 26.2 Å². The first-order valence-corrected chi connectivity index (χ1v) is 5.90. The molecule has 76 valence electrons. The lowest BCUT2D eigenvalue weighted by Crippen LogP contribution is -2.42. The largest absolute Gasteiger partial charge is 0.303 e. The highest BCUT2D eigenvalue weighted by molar-refractivity contribution is 4.88. The van der Waals surface area contributed by atoms with Crippen molar-refractivity contribution < 1.29 is 0 Å². The second kappa shape index (κ2) is 3.61. The van der Waals surface area contributed by atoms with Gasteiger partial charge in [0.25, 0.3) is 0 Å². The fourth-order valence-corrected chi connectivity index (χ4v) is 3.01. The summed E-state index contributed by atoms with van der Waals surface area (Å²) in [4.78, 5) is 2.63. The van der Waals surface area contributed by atoms with Crippen molar-refractivity contribution in [1.29, 1.82) is 0 Å². The smallest absolute Gasteiger partial charge is 0.00924 e. The van der Waals surface area contributed by atoms with Gasteiger partial charge < -0.3 is 4.90 Å². The molecule has 0 aliphatic heterocycles. The van der Waals surface area contributed by atoms with E-state index < -0.39 is 0 Å². The molecule has 13 heavy (non-hydrogen) atoms. The predicted molar refractivity (Wildman–Crippen MR) is 56.8 cm³/mol. The molecule has 1 heteroatoms. The summed E-state index contributed by atoms with van der Waals surface area (Å²) in [7, 11) is 2.33. The summed E-state index contributed by atoms with van der Waals surface area (Å²) in [6.45, 7) is 3.81. The molecule has 2 aliphatic carbocycles. The molecule has 0 radical (unpaired) electrons. The molecule has 2 fully saturated rings. The third kappa shape index (κ3) is 2.07. The molecule has 0 N–H and O–H groups in total. The molecule has 0 unspecified atom stereocenters. The maximum atomic E-state index is 2.63. The Balaban J connectivity index is 1.79. The lowest BCUT2D eigenvalue weighted by molar-refractivity contribution is 0.0779. The van der Waals surface area contributed by atoms with Gasteiger partial charge >= 0.3 is 0 Å².